The third-order valence-electron chi connectivity index (χ3n) is 4.32. The van der Waals surface area contributed by atoms with Gasteiger partial charge in [-0.15, -0.1) is 0 Å². The van der Waals surface area contributed by atoms with E-state index in [-0.39, 0.29) is 6.61 Å². The zero-order valence-electron chi connectivity index (χ0n) is 16.0. The molecule has 2 unspecified atom stereocenters. The number of ether oxygens (including phenoxy) is 2. The third-order valence-corrected chi connectivity index (χ3v) is 5.44. The molecule has 5 nitrogen and oxygen atoms in total. The predicted octanol–water partition coefficient (Wildman–Crippen LogP) is 4.26. The summed E-state index contributed by atoms with van der Waals surface area (Å²) in [5, 5.41) is 0.531. The van der Waals surface area contributed by atoms with Gasteiger partial charge in [0.2, 0.25) is 0 Å². The van der Waals surface area contributed by atoms with E-state index >= 15 is 0 Å². The molecule has 1 aliphatic rings. The lowest BCUT2D eigenvalue weighted by atomic mass is 9.75. The molecule has 0 saturated heterocycles. The number of methoxy groups -OCH3 is 1. The van der Waals surface area contributed by atoms with E-state index in [1.54, 1.807) is 43.8 Å². The molecule has 1 aliphatic heterocycles. The van der Waals surface area contributed by atoms with Crippen molar-refractivity contribution in [2.75, 3.05) is 25.2 Å². The molecule has 0 amide bonds. The molecular weight excluding hydrogens is 386 g/mol. The van der Waals surface area contributed by atoms with Crippen molar-refractivity contribution < 1.29 is 19.1 Å². The topological polar surface area (TPSA) is 65.0 Å². The predicted molar refractivity (Wildman–Crippen MR) is 109 cm³/mol. The Labute approximate surface area is 169 Å². The molecule has 2 rings (SSSR count). The number of carbonyl (C=O) groups is 2. The number of nitrogens with zero attached hydrogens (tertiary/aromatic N) is 1. The maximum atomic E-state index is 12.9. The molecule has 1 aromatic carbocycles. The number of benzene rings is 1. The minimum atomic E-state index is -0.705. The van der Waals surface area contributed by atoms with E-state index in [1.165, 1.54) is 7.11 Å². The van der Waals surface area contributed by atoms with Crippen LogP contribution in [0, 0.1) is 5.92 Å². The normalized spacial score (nSPS) is 19.5. The molecule has 2 atom stereocenters. The van der Waals surface area contributed by atoms with Gasteiger partial charge in [0.1, 0.15) is 5.92 Å². The maximum Gasteiger partial charge on any atom is 0.336 e. The van der Waals surface area contributed by atoms with Crippen molar-refractivity contribution in [2.45, 2.75) is 26.7 Å². The summed E-state index contributed by atoms with van der Waals surface area (Å²) in [5.74, 6) is -0.712. The number of halogens is 1. The Morgan fingerprint density at radius 1 is 1.30 bits per heavy atom. The smallest absolute Gasteiger partial charge is 0.336 e. The van der Waals surface area contributed by atoms with E-state index in [9.17, 15) is 9.59 Å². The van der Waals surface area contributed by atoms with Crippen molar-refractivity contribution in [1.29, 1.82) is 0 Å². The summed E-state index contributed by atoms with van der Waals surface area (Å²) < 4.78 is 10.3. The molecule has 0 saturated carbocycles. The van der Waals surface area contributed by atoms with Crippen LogP contribution in [-0.2, 0) is 19.1 Å². The molecule has 146 valence electrons. The van der Waals surface area contributed by atoms with E-state index in [0.29, 0.717) is 27.8 Å². The van der Waals surface area contributed by atoms with Gasteiger partial charge in [-0.3, -0.25) is 9.79 Å². The van der Waals surface area contributed by atoms with Crippen LogP contribution in [0.1, 0.15) is 32.3 Å². The van der Waals surface area contributed by atoms with Crippen LogP contribution in [0.15, 0.2) is 40.5 Å². The Morgan fingerprint density at radius 3 is 2.63 bits per heavy atom. The van der Waals surface area contributed by atoms with Crippen LogP contribution >= 0.6 is 23.4 Å². The van der Waals surface area contributed by atoms with Crippen LogP contribution in [-0.4, -0.2) is 42.9 Å². The minimum Gasteiger partial charge on any atom is -0.468 e. The van der Waals surface area contributed by atoms with E-state index in [0.717, 1.165) is 11.3 Å². The lowest BCUT2D eigenvalue weighted by Crippen LogP contribution is -2.36. The van der Waals surface area contributed by atoms with E-state index in [2.05, 4.69) is 4.99 Å². The molecule has 1 heterocycles. The number of thioether (sulfide) groups is 1. The zero-order chi connectivity index (χ0) is 20.0. The second kappa shape index (κ2) is 9.95. The second-order valence-corrected chi connectivity index (χ2v) is 7.72. The number of carbonyl (C=O) groups excluding carboxylic acids is 2. The summed E-state index contributed by atoms with van der Waals surface area (Å²) in [6, 6.07) is 7.18. The van der Waals surface area contributed by atoms with Crippen LogP contribution in [0.5, 0.6) is 0 Å². The highest BCUT2D eigenvalue weighted by Gasteiger charge is 2.42. The molecule has 0 N–H and O–H groups in total. The molecule has 0 aromatic heterocycles. The van der Waals surface area contributed by atoms with Crippen molar-refractivity contribution in [3.05, 3.63) is 46.1 Å². The molecule has 0 aliphatic carbocycles. The van der Waals surface area contributed by atoms with Crippen molar-refractivity contribution in [3.63, 3.8) is 0 Å². The summed E-state index contributed by atoms with van der Waals surface area (Å²) >= 11 is 7.84. The molecular formula is C20H24ClNO4S. The van der Waals surface area contributed by atoms with Crippen molar-refractivity contribution in [2.24, 2.45) is 10.9 Å². The van der Waals surface area contributed by atoms with Gasteiger partial charge in [0.05, 0.1) is 25.0 Å². The summed E-state index contributed by atoms with van der Waals surface area (Å²) in [4.78, 5) is 30.0. The Bertz CT molecular complexity index is 775. The van der Waals surface area contributed by atoms with Gasteiger partial charge in [-0.25, -0.2) is 4.79 Å². The highest BCUT2D eigenvalue weighted by molar-refractivity contribution is 7.99. The van der Waals surface area contributed by atoms with Gasteiger partial charge in [-0.05, 0) is 37.3 Å². The Kier molecular flexibility index (Phi) is 7.92. The first-order valence-corrected chi connectivity index (χ1v) is 10.3. The van der Waals surface area contributed by atoms with E-state index in [1.807, 2.05) is 13.0 Å². The molecule has 0 bridgehead atoms. The van der Waals surface area contributed by atoms with Gasteiger partial charge in [0.25, 0.3) is 0 Å². The molecule has 27 heavy (non-hydrogen) atoms. The van der Waals surface area contributed by atoms with E-state index < -0.39 is 23.8 Å². The van der Waals surface area contributed by atoms with Crippen molar-refractivity contribution in [3.8, 4) is 0 Å². The maximum absolute atomic E-state index is 12.9. The Balaban J connectivity index is 2.69. The fourth-order valence-corrected chi connectivity index (χ4v) is 4.00. The third kappa shape index (κ3) is 4.93. The molecule has 0 fully saturated rings. The highest BCUT2D eigenvalue weighted by atomic mass is 35.5. The van der Waals surface area contributed by atoms with E-state index in [4.69, 9.17) is 21.1 Å². The van der Waals surface area contributed by atoms with Gasteiger partial charge in [0.15, 0.2) is 0 Å². The summed E-state index contributed by atoms with van der Waals surface area (Å²) in [5.41, 5.74) is 2.42. The van der Waals surface area contributed by atoms with Gasteiger partial charge < -0.3 is 9.47 Å². The quantitative estimate of drug-likeness (QED) is 0.629. The van der Waals surface area contributed by atoms with Gasteiger partial charge in [-0.2, -0.15) is 11.8 Å². The SMILES string of the molecule is CCOC(=O)C1=C(CSCC)N=C(C)C(C(=O)OC)C1c1cccc(Cl)c1. The second-order valence-electron chi connectivity index (χ2n) is 6.00. The van der Waals surface area contributed by atoms with Gasteiger partial charge >= 0.3 is 11.9 Å². The minimum absolute atomic E-state index is 0.240. The van der Waals surface area contributed by atoms with Crippen LogP contribution in [0.3, 0.4) is 0 Å². The number of rotatable bonds is 7. The summed E-state index contributed by atoms with van der Waals surface area (Å²) in [7, 11) is 1.33. The molecule has 7 heteroatoms. The largest absolute Gasteiger partial charge is 0.468 e. The number of esters is 2. The average Bonchev–Trinajstić information content (AvgIpc) is 2.65. The van der Waals surface area contributed by atoms with Crippen molar-refractivity contribution in [1.82, 2.24) is 0 Å². The average molecular weight is 410 g/mol. The molecule has 0 spiro atoms. The monoisotopic (exact) mass is 409 g/mol. The first kappa shape index (κ1) is 21.5. The molecule has 0 radical (unpaired) electrons. The lowest BCUT2D eigenvalue weighted by Gasteiger charge is -2.32. The molecule has 1 aromatic rings. The standard InChI is InChI=1S/C20H24ClNO4S/c1-5-26-20(24)18-15(11-27-6-2)22-12(3)16(19(23)25-4)17(18)13-8-7-9-14(21)10-13/h7-10,16-17H,5-6,11H2,1-4H3. The van der Waals surface area contributed by atoms with Crippen molar-refractivity contribution >= 4 is 41.0 Å². The fraction of sp³-hybridized carbons (Fsp3) is 0.450. The van der Waals surface area contributed by atoms with Gasteiger partial charge in [0, 0.05) is 22.4 Å². The van der Waals surface area contributed by atoms with Gasteiger partial charge in [-0.1, -0.05) is 30.7 Å². The van der Waals surface area contributed by atoms with Crippen LogP contribution < -0.4 is 0 Å². The first-order chi connectivity index (χ1) is 12.9. The van der Waals surface area contributed by atoms with Crippen LogP contribution in [0.2, 0.25) is 5.02 Å². The summed E-state index contributed by atoms with van der Waals surface area (Å²) in [6.07, 6.45) is 0. The fourth-order valence-electron chi connectivity index (χ4n) is 3.19. The van der Waals surface area contributed by atoms with Crippen LogP contribution in [0.4, 0.5) is 0 Å². The van der Waals surface area contributed by atoms with Crippen LogP contribution in [0.25, 0.3) is 0 Å². The first-order valence-electron chi connectivity index (χ1n) is 8.80. The number of hydrogen-bond donors (Lipinski definition) is 0. The number of aliphatic imine (C=N–C) groups is 1. The number of hydrogen-bond acceptors (Lipinski definition) is 6. The highest BCUT2D eigenvalue weighted by Crippen LogP contribution is 2.41. The zero-order valence-corrected chi connectivity index (χ0v) is 17.5. The Hall–Kier alpha value is -1.79. The summed E-state index contributed by atoms with van der Waals surface area (Å²) in [6.45, 7) is 5.82. The Morgan fingerprint density at radius 2 is 2.04 bits per heavy atom. The lowest BCUT2D eigenvalue weighted by molar-refractivity contribution is -0.144.